The number of carbonyl (C=O) groups is 1. The number of nitrogen functional groups attached to an aromatic ring is 1. The van der Waals surface area contributed by atoms with E-state index in [1.165, 1.54) is 0 Å². The molecule has 1 unspecified atom stereocenters. The van der Waals surface area contributed by atoms with Crippen molar-refractivity contribution in [2.24, 2.45) is 0 Å². The van der Waals surface area contributed by atoms with Gasteiger partial charge in [0.05, 0.1) is 0 Å². The second kappa shape index (κ2) is 4.09. The van der Waals surface area contributed by atoms with E-state index in [4.69, 9.17) is 17.3 Å². The lowest BCUT2D eigenvalue weighted by Crippen LogP contribution is -2.31. The van der Waals surface area contributed by atoms with Gasteiger partial charge in [-0.05, 0) is 18.0 Å². The molecule has 1 aromatic rings. The number of carbonyl (C=O) groups excluding carboxylic acids is 1. The summed E-state index contributed by atoms with van der Waals surface area (Å²) in [6.45, 7) is 0.713. The van der Waals surface area contributed by atoms with E-state index in [9.17, 15) is 4.79 Å². The highest BCUT2D eigenvalue weighted by atomic mass is 35.5. The minimum absolute atomic E-state index is 0.00815. The third-order valence-electron chi connectivity index (χ3n) is 2.36. The predicted octanol–water partition coefficient (Wildman–Crippen LogP) is -0.250. The summed E-state index contributed by atoms with van der Waals surface area (Å²) in [5.41, 5.74) is 5.41. The number of anilines is 2. The number of hydrogen-bond donors (Lipinski definition) is 2. The van der Waals surface area contributed by atoms with E-state index >= 15 is 0 Å². The van der Waals surface area contributed by atoms with Gasteiger partial charge in [-0.1, -0.05) is 0 Å². The van der Waals surface area contributed by atoms with Gasteiger partial charge in [0.1, 0.15) is 6.04 Å². The SMILES string of the molecule is CN1CCC(Nc2nc(N)nc(Cl)n2)C1=O. The fourth-order valence-electron chi connectivity index (χ4n) is 1.54. The van der Waals surface area contributed by atoms with Crippen molar-refractivity contribution in [2.45, 2.75) is 12.5 Å². The summed E-state index contributed by atoms with van der Waals surface area (Å²) >= 11 is 5.62. The number of likely N-dealkylation sites (tertiary alicyclic amines) is 1. The minimum atomic E-state index is -0.317. The van der Waals surface area contributed by atoms with Crippen molar-refractivity contribution in [2.75, 3.05) is 24.6 Å². The Morgan fingerprint density at radius 3 is 2.81 bits per heavy atom. The van der Waals surface area contributed by atoms with E-state index in [1.54, 1.807) is 11.9 Å². The Balaban J connectivity index is 2.12. The lowest BCUT2D eigenvalue weighted by atomic mass is 10.2. The van der Waals surface area contributed by atoms with Gasteiger partial charge in [0, 0.05) is 13.6 Å². The van der Waals surface area contributed by atoms with Gasteiger partial charge in [0.25, 0.3) is 0 Å². The summed E-state index contributed by atoms with van der Waals surface area (Å²) in [6, 6.07) is -0.317. The van der Waals surface area contributed by atoms with E-state index in [1.807, 2.05) is 0 Å². The molecule has 1 aliphatic rings. The van der Waals surface area contributed by atoms with Crippen LogP contribution >= 0.6 is 11.6 Å². The van der Waals surface area contributed by atoms with Crippen LogP contribution in [-0.4, -0.2) is 45.4 Å². The zero-order valence-electron chi connectivity index (χ0n) is 8.64. The molecule has 0 bridgehead atoms. The molecule has 2 rings (SSSR count). The summed E-state index contributed by atoms with van der Waals surface area (Å²) < 4.78 is 0. The van der Waals surface area contributed by atoms with Crippen LogP contribution in [0.25, 0.3) is 0 Å². The van der Waals surface area contributed by atoms with Gasteiger partial charge in [-0.3, -0.25) is 4.79 Å². The second-order valence-electron chi connectivity index (χ2n) is 3.53. The maximum absolute atomic E-state index is 11.6. The summed E-state index contributed by atoms with van der Waals surface area (Å²) in [4.78, 5) is 24.6. The molecule has 0 saturated carbocycles. The average molecular weight is 243 g/mol. The molecule has 2 heterocycles. The number of aromatic nitrogens is 3. The first-order chi connectivity index (χ1) is 7.56. The molecule has 0 spiro atoms. The van der Waals surface area contributed by atoms with Crippen LogP contribution in [-0.2, 0) is 4.79 Å². The van der Waals surface area contributed by atoms with Crippen molar-refractivity contribution in [3.63, 3.8) is 0 Å². The van der Waals surface area contributed by atoms with Crippen LogP contribution in [0.15, 0.2) is 0 Å². The smallest absolute Gasteiger partial charge is 0.244 e. The Bertz CT molecular complexity index is 405. The van der Waals surface area contributed by atoms with E-state index in [0.29, 0.717) is 13.0 Å². The zero-order chi connectivity index (χ0) is 11.7. The van der Waals surface area contributed by atoms with E-state index in [0.717, 1.165) is 0 Å². The first kappa shape index (κ1) is 10.9. The molecule has 0 aromatic carbocycles. The molecule has 8 heteroatoms. The van der Waals surface area contributed by atoms with Crippen molar-refractivity contribution in [1.29, 1.82) is 0 Å². The quantitative estimate of drug-likeness (QED) is 0.742. The summed E-state index contributed by atoms with van der Waals surface area (Å²) in [6.07, 6.45) is 0.707. The number of amides is 1. The highest BCUT2D eigenvalue weighted by Crippen LogP contribution is 2.14. The van der Waals surface area contributed by atoms with Crippen molar-refractivity contribution in [3.05, 3.63) is 5.28 Å². The number of hydrogen-bond acceptors (Lipinski definition) is 6. The number of nitrogens with zero attached hydrogens (tertiary/aromatic N) is 4. The summed E-state index contributed by atoms with van der Waals surface area (Å²) in [7, 11) is 1.75. The van der Waals surface area contributed by atoms with Crippen LogP contribution in [0.3, 0.4) is 0 Å². The van der Waals surface area contributed by atoms with Gasteiger partial charge < -0.3 is 16.0 Å². The van der Waals surface area contributed by atoms with Crippen LogP contribution in [0, 0.1) is 0 Å². The maximum atomic E-state index is 11.6. The molecule has 1 saturated heterocycles. The van der Waals surface area contributed by atoms with Crippen LogP contribution < -0.4 is 11.1 Å². The van der Waals surface area contributed by atoms with E-state index < -0.39 is 0 Å². The average Bonchev–Trinajstić information content (AvgIpc) is 2.48. The van der Waals surface area contributed by atoms with Crippen LogP contribution in [0.2, 0.25) is 5.28 Å². The molecular weight excluding hydrogens is 232 g/mol. The number of likely N-dealkylation sites (N-methyl/N-ethyl adjacent to an activating group) is 1. The molecule has 1 aromatic heterocycles. The Kier molecular flexibility index (Phi) is 2.78. The molecule has 16 heavy (non-hydrogen) atoms. The highest BCUT2D eigenvalue weighted by Gasteiger charge is 2.29. The second-order valence-corrected chi connectivity index (χ2v) is 3.87. The predicted molar refractivity (Wildman–Crippen MR) is 58.9 cm³/mol. The maximum Gasteiger partial charge on any atom is 0.244 e. The first-order valence-electron chi connectivity index (χ1n) is 4.75. The molecule has 86 valence electrons. The van der Waals surface area contributed by atoms with Crippen molar-refractivity contribution in [1.82, 2.24) is 19.9 Å². The zero-order valence-corrected chi connectivity index (χ0v) is 9.40. The van der Waals surface area contributed by atoms with Crippen molar-refractivity contribution >= 4 is 29.4 Å². The van der Waals surface area contributed by atoms with Crippen molar-refractivity contribution < 1.29 is 4.79 Å². The fraction of sp³-hybridized carbons (Fsp3) is 0.500. The van der Waals surface area contributed by atoms with Crippen LogP contribution in [0.1, 0.15) is 6.42 Å². The summed E-state index contributed by atoms with van der Waals surface area (Å²) in [5.74, 6) is 0.266. The fourth-order valence-corrected chi connectivity index (χ4v) is 1.71. The Morgan fingerprint density at radius 2 is 2.25 bits per heavy atom. The minimum Gasteiger partial charge on any atom is -0.368 e. The van der Waals surface area contributed by atoms with Crippen LogP contribution in [0.4, 0.5) is 11.9 Å². The van der Waals surface area contributed by atoms with E-state index in [2.05, 4.69) is 20.3 Å². The van der Waals surface area contributed by atoms with Crippen molar-refractivity contribution in [3.8, 4) is 0 Å². The molecule has 0 aliphatic carbocycles. The lowest BCUT2D eigenvalue weighted by Gasteiger charge is -2.11. The number of nitrogens with two attached hydrogens (primary N) is 1. The monoisotopic (exact) mass is 242 g/mol. The molecule has 0 radical (unpaired) electrons. The number of halogens is 1. The van der Waals surface area contributed by atoms with Gasteiger partial charge in [-0.25, -0.2) is 0 Å². The Hall–Kier alpha value is -1.63. The number of rotatable bonds is 2. The lowest BCUT2D eigenvalue weighted by molar-refractivity contribution is -0.127. The Labute approximate surface area is 97.0 Å². The number of nitrogens with one attached hydrogen (secondary N) is 1. The van der Waals surface area contributed by atoms with Gasteiger partial charge in [0.15, 0.2) is 0 Å². The van der Waals surface area contributed by atoms with Gasteiger partial charge >= 0.3 is 0 Å². The molecule has 1 aliphatic heterocycles. The molecule has 7 nitrogen and oxygen atoms in total. The van der Waals surface area contributed by atoms with E-state index in [-0.39, 0.29) is 29.1 Å². The molecule has 1 amide bonds. The third kappa shape index (κ3) is 2.13. The van der Waals surface area contributed by atoms with Gasteiger partial charge in [0.2, 0.25) is 23.1 Å². The molecular formula is C8H11ClN6O. The van der Waals surface area contributed by atoms with Gasteiger partial charge in [-0.2, -0.15) is 15.0 Å². The topological polar surface area (TPSA) is 97.0 Å². The largest absolute Gasteiger partial charge is 0.368 e. The Morgan fingerprint density at radius 1 is 1.50 bits per heavy atom. The van der Waals surface area contributed by atoms with Gasteiger partial charge in [-0.15, -0.1) is 0 Å². The standard InChI is InChI=1S/C8H11ClN6O/c1-15-3-2-4(5(15)16)11-8-13-6(9)12-7(10)14-8/h4H,2-3H2,1H3,(H3,10,11,12,13,14). The van der Waals surface area contributed by atoms with Crippen LogP contribution in [0.5, 0.6) is 0 Å². The third-order valence-corrected chi connectivity index (χ3v) is 2.53. The summed E-state index contributed by atoms with van der Waals surface area (Å²) in [5, 5.41) is 2.89. The molecule has 1 atom stereocenters. The first-order valence-corrected chi connectivity index (χ1v) is 5.12. The molecule has 1 fully saturated rings. The highest BCUT2D eigenvalue weighted by molar-refractivity contribution is 6.28. The molecule has 3 N–H and O–H groups in total. The normalized spacial score (nSPS) is 20.2.